The van der Waals surface area contributed by atoms with Crippen LogP contribution < -0.4 is 10.5 Å². The molecule has 1 aliphatic rings. The molecule has 0 radical (unpaired) electrons. The number of fused-ring (bicyclic) bond motifs is 1. The average molecular weight is 351 g/mol. The summed E-state index contributed by atoms with van der Waals surface area (Å²) in [5.41, 5.74) is 0.688. The molecular weight excluding hydrogens is 330 g/mol. The largest absolute Gasteiger partial charge is 0.353 e. The Morgan fingerprint density at radius 3 is 2.62 bits per heavy atom. The van der Waals surface area contributed by atoms with Gasteiger partial charge in [-0.1, -0.05) is 0 Å². The molecule has 0 atom stereocenters. The summed E-state index contributed by atoms with van der Waals surface area (Å²) in [6.45, 7) is 6.95. The van der Waals surface area contributed by atoms with Crippen molar-refractivity contribution in [2.75, 3.05) is 37.6 Å². The van der Waals surface area contributed by atoms with E-state index < -0.39 is 0 Å². The summed E-state index contributed by atoms with van der Waals surface area (Å²) in [6, 6.07) is 7.16. The maximum Gasteiger partial charge on any atom is 0.266 e. The average Bonchev–Trinajstić information content (AvgIpc) is 2.67. The third-order valence-corrected chi connectivity index (χ3v) is 4.65. The van der Waals surface area contributed by atoms with Gasteiger partial charge in [0.25, 0.3) is 5.56 Å². The van der Waals surface area contributed by atoms with Crippen molar-refractivity contribution < 1.29 is 0 Å². The summed E-state index contributed by atoms with van der Waals surface area (Å²) in [4.78, 5) is 29.8. The minimum atomic E-state index is -0.0541. The number of piperazine rings is 1. The fraction of sp³-hybridized carbons (Fsp3) is 0.389. The van der Waals surface area contributed by atoms with E-state index in [2.05, 4.69) is 29.9 Å². The second-order valence-electron chi connectivity index (χ2n) is 6.38. The smallest absolute Gasteiger partial charge is 0.266 e. The molecule has 134 valence electrons. The van der Waals surface area contributed by atoms with Crippen molar-refractivity contribution in [1.29, 1.82) is 0 Å². The second-order valence-corrected chi connectivity index (χ2v) is 6.38. The van der Waals surface area contributed by atoms with Crippen LogP contribution in [-0.4, -0.2) is 62.4 Å². The molecule has 0 bridgehead atoms. The van der Waals surface area contributed by atoms with Crippen LogP contribution in [0.4, 0.5) is 5.82 Å². The molecule has 0 unspecified atom stereocenters. The zero-order valence-electron chi connectivity index (χ0n) is 14.7. The molecule has 1 fully saturated rings. The number of pyridine rings is 1. The van der Waals surface area contributed by atoms with Crippen LogP contribution in [0.2, 0.25) is 0 Å². The van der Waals surface area contributed by atoms with Gasteiger partial charge in [-0.05, 0) is 25.1 Å². The highest BCUT2D eigenvalue weighted by Crippen LogP contribution is 2.23. The van der Waals surface area contributed by atoms with Gasteiger partial charge in [-0.15, -0.1) is 0 Å². The van der Waals surface area contributed by atoms with E-state index in [0.717, 1.165) is 55.4 Å². The van der Waals surface area contributed by atoms with Crippen LogP contribution in [0.3, 0.4) is 0 Å². The summed E-state index contributed by atoms with van der Waals surface area (Å²) in [5.74, 6) is 1.70. The maximum absolute atomic E-state index is 11.7. The number of aromatic nitrogens is 5. The summed E-state index contributed by atoms with van der Waals surface area (Å²) in [6.07, 6.45) is 3.41. The molecule has 0 aliphatic carbocycles. The molecule has 4 rings (SSSR count). The van der Waals surface area contributed by atoms with Gasteiger partial charge in [0.15, 0.2) is 5.65 Å². The van der Waals surface area contributed by atoms with Crippen LogP contribution >= 0.6 is 0 Å². The predicted octanol–water partition coefficient (Wildman–Crippen LogP) is 0.712. The van der Waals surface area contributed by atoms with Crippen LogP contribution in [0.15, 0.2) is 41.5 Å². The van der Waals surface area contributed by atoms with E-state index in [1.54, 1.807) is 24.5 Å². The molecule has 8 nitrogen and oxygen atoms in total. The minimum absolute atomic E-state index is 0.0541. The zero-order chi connectivity index (χ0) is 17.9. The van der Waals surface area contributed by atoms with E-state index in [9.17, 15) is 4.79 Å². The maximum atomic E-state index is 11.7. The SMILES string of the molecule is Cc1nc(N2CCN(CCn3ncccc3=O)CC2)c2cccnc2n1. The number of anilines is 1. The van der Waals surface area contributed by atoms with E-state index >= 15 is 0 Å². The standard InChI is InChI=1S/C18H21N7O/c1-14-21-17-15(4-2-6-19-17)18(22-14)24-11-8-23(9-12-24)10-13-25-16(26)5-3-7-20-25/h2-7H,8-13H2,1H3. The highest BCUT2D eigenvalue weighted by atomic mass is 16.1. The van der Waals surface area contributed by atoms with Crippen molar-refractivity contribution in [3.05, 3.63) is 52.8 Å². The monoisotopic (exact) mass is 351 g/mol. The Morgan fingerprint density at radius 2 is 1.81 bits per heavy atom. The van der Waals surface area contributed by atoms with Gasteiger partial charge in [-0.2, -0.15) is 5.10 Å². The summed E-state index contributed by atoms with van der Waals surface area (Å²) < 4.78 is 1.51. The molecule has 4 heterocycles. The number of hydrogen-bond acceptors (Lipinski definition) is 7. The van der Waals surface area contributed by atoms with Gasteiger partial charge in [-0.3, -0.25) is 9.69 Å². The fourth-order valence-corrected chi connectivity index (χ4v) is 3.27. The highest BCUT2D eigenvalue weighted by Gasteiger charge is 2.20. The lowest BCUT2D eigenvalue weighted by Crippen LogP contribution is -2.48. The first-order valence-corrected chi connectivity index (χ1v) is 8.79. The van der Waals surface area contributed by atoms with Crippen LogP contribution in [0.25, 0.3) is 11.0 Å². The van der Waals surface area contributed by atoms with Crippen molar-refractivity contribution in [1.82, 2.24) is 29.6 Å². The second kappa shape index (κ2) is 7.17. The van der Waals surface area contributed by atoms with Crippen molar-refractivity contribution in [3.8, 4) is 0 Å². The van der Waals surface area contributed by atoms with Crippen LogP contribution in [0, 0.1) is 6.92 Å². The molecule has 0 spiro atoms. The van der Waals surface area contributed by atoms with Gasteiger partial charge < -0.3 is 4.90 Å². The third kappa shape index (κ3) is 3.41. The Hall–Kier alpha value is -2.87. The molecule has 3 aromatic rings. The first-order valence-electron chi connectivity index (χ1n) is 8.79. The van der Waals surface area contributed by atoms with E-state index in [0.29, 0.717) is 6.54 Å². The number of nitrogens with zero attached hydrogens (tertiary/aromatic N) is 7. The quantitative estimate of drug-likeness (QED) is 0.685. The van der Waals surface area contributed by atoms with Gasteiger partial charge in [-0.25, -0.2) is 19.6 Å². The lowest BCUT2D eigenvalue weighted by Gasteiger charge is -2.35. The van der Waals surface area contributed by atoms with Gasteiger partial charge >= 0.3 is 0 Å². The van der Waals surface area contributed by atoms with E-state index in [1.165, 1.54) is 4.68 Å². The van der Waals surface area contributed by atoms with Gasteiger partial charge in [0.1, 0.15) is 11.6 Å². The van der Waals surface area contributed by atoms with Crippen molar-refractivity contribution in [3.63, 3.8) is 0 Å². The summed E-state index contributed by atoms with van der Waals surface area (Å²) in [5, 5.41) is 5.10. The zero-order valence-corrected chi connectivity index (χ0v) is 14.7. The first-order chi connectivity index (χ1) is 12.7. The topological polar surface area (TPSA) is 80.0 Å². The van der Waals surface area contributed by atoms with Crippen molar-refractivity contribution in [2.24, 2.45) is 0 Å². The summed E-state index contributed by atoms with van der Waals surface area (Å²) >= 11 is 0. The molecule has 0 N–H and O–H groups in total. The van der Waals surface area contributed by atoms with Crippen LogP contribution in [-0.2, 0) is 6.54 Å². The van der Waals surface area contributed by atoms with Crippen molar-refractivity contribution >= 4 is 16.9 Å². The Kier molecular flexibility index (Phi) is 4.57. The normalized spacial score (nSPS) is 15.5. The van der Waals surface area contributed by atoms with Crippen LogP contribution in [0.5, 0.6) is 0 Å². The number of rotatable bonds is 4. The van der Waals surface area contributed by atoms with Crippen LogP contribution in [0.1, 0.15) is 5.82 Å². The molecular formula is C18H21N7O. The van der Waals surface area contributed by atoms with E-state index in [-0.39, 0.29) is 5.56 Å². The Bertz CT molecular complexity index is 963. The molecule has 3 aromatic heterocycles. The summed E-state index contributed by atoms with van der Waals surface area (Å²) in [7, 11) is 0. The molecule has 0 aromatic carbocycles. The highest BCUT2D eigenvalue weighted by molar-refractivity contribution is 5.86. The molecule has 1 aliphatic heterocycles. The lowest BCUT2D eigenvalue weighted by molar-refractivity contribution is 0.242. The molecule has 0 amide bonds. The Labute approximate surface area is 151 Å². The third-order valence-electron chi connectivity index (χ3n) is 4.65. The molecule has 26 heavy (non-hydrogen) atoms. The Balaban J connectivity index is 1.43. The lowest BCUT2D eigenvalue weighted by atomic mass is 10.2. The first kappa shape index (κ1) is 16.6. The molecule has 0 saturated carbocycles. The number of hydrogen-bond donors (Lipinski definition) is 0. The van der Waals surface area contributed by atoms with Gasteiger partial charge in [0.05, 0.1) is 11.9 Å². The van der Waals surface area contributed by atoms with Crippen molar-refractivity contribution in [2.45, 2.75) is 13.5 Å². The van der Waals surface area contributed by atoms with E-state index in [1.807, 2.05) is 19.1 Å². The molecule has 8 heteroatoms. The minimum Gasteiger partial charge on any atom is -0.353 e. The molecule has 1 saturated heterocycles. The fourth-order valence-electron chi connectivity index (χ4n) is 3.27. The number of aryl methyl sites for hydroxylation is 1. The van der Waals surface area contributed by atoms with Gasteiger partial charge in [0, 0.05) is 51.2 Å². The predicted molar refractivity (Wildman–Crippen MR) is 99.2 cm³/mol. The van der Waals surface area contributed by atoms with E-state index in [4.69, 9.17) is 0 Å². The van der Waals surface area contributed by atoms with Gasteiger partial charge in [0.2, 0.25) is 0 Å². The Morgan fingerprint density at radius 1 is 1.00 bits per heavy atom.